The Morgan fingerprint density at radius 2 is 2.06 bits per heavy atom. The summed E-state index contributed by atoms with van der Waals surface area (Å²) >= 11 is 0. The summed E-state index contributed by atoms with van der Waals surface area (Å²) in [6.45, 7) is 2.51. The van der Waals surface area contributed by atoms with Crippen LogP contribution in [-0.2, 0) is 4.79 Å². The highest BCUT2D eigenvalue weighted by atomic mass is 16.4. The third kappa shape index (κ3) is 2.60. The van der Waals surface area contributed by atoms with Crippen LogP contribution in [-0.4, -0.2) is 41.6 Å². The van der Waals surface area contributed by atoms with Gasteiger partial charge in [0.15, 0.2) is 0 Å². The average molecular weight is 254 g/mol. The van der Waals surface area contributed by atoms with Gasteiger partial charge in [-0.15, -0.1) is 0 Å². The lowest BCUT2D eigenvalue weighted by Gasteiger charge is -2.29. The van der Waals surface area contributed by atoms with E-state index >= 15 is 0 Å². The van der Waals surface area contributed by atoms with Crippen LogP contribution < -0.4 is 5.32 Å². The van der Waals surface area contributed by atoms with Gasteiger partial charge in [0.25, 0.3) is 0 Å². The molecule has 2 amide bonds. The molecule has 0 saturated heterocycles. The first-order chi connectivity index (χ1) is 8.43. The first-order valence-corrected chi connectivity index (χ1v) is 6.68. The van der Waals surface area contributed by atoms with Crippen molar-refractivity contribution in [3.8, 4) is 0 Å². The van der Waals surface area contributed by atoms with Crippen LogP contribution in [0.3, 0.4) is 0 Å². The van der Waals surface area contributed by atoms with Crippen LogP contribution in [0.25, 0.3) is 0 Å². The zero-order valence-electron chi connectivity index (χ0n) is 11.1. The van der Waals surface area contributed by atoms with E-state index in [1.54, 1.807) is 18.9 Å². The molecule has 2 aliphatic carbocycles. The van der Waals surface area contributed by atoms with Gasteiger partial charge >= 0.3 is 12.0 Å². The second-order valence-corrected chi connectivity index (χ2v) is 5.94. The van der Waals surface area contributed by atoms with E-state index in [9.17, 15) is 14.7 Å². The Labute approximate surface area is 108 Å². The molecule has 0 radical (unpaired) electrons. The molecular formula is C13H22N2O3. The highest BCUT2D eigenvalue weighted by Gasteiger charge is 2.46. The Kier molecular flexibility index (Phi) is 3.50. The van der Waals surface area contributed by atoms with E-state index in [1.165, 1.54) is 12.8 Å². The zero-order valence-corrected chi connectivity index (χ0v) is 11.1. The molecule has 0 spiro atoms. The predicted molar refractivity (Wildman–Crippen MR) is 67.3 cm³/mol. The van der Waals surface area contributed by atoms with Gasteiger partial charge in [0.1, 0.15) is 0 Å². The molecule has 2 aliphatic rings. The van der Waals surface area contributed by atoms with E-state index in [4.69, 9.17) is 0 Å². The molecule has 102 valence electrons. The van der Waals surface area contributed by atoms with Gasteiger partial charge in [0, 0.05) is 19.6 Å². The normalized spacial score (nSPS) is 31.1. The summed E-state index contributed by atoms with van der Waals surface area (Å²) in [6.07, 6.45) is 4.66. The largest absolute Gasteiger partial charge is 0.481 e. The molecule has 0 aliphatic heterocycles. The van der Waals surface area contributed by atoms with E-state index in [-0.39, 0.29) is 12.1 Å². The summed E-state index contributed by atoms with van der Waals surface area (Å²) < 4.78 is 0. The molecule has 2 saturated carbocycles. The maximum Gasteiger partial charge on any atom is 0.317 e. The Bertz CT molecular complexity index is 354. The van der Waals surface area contributed by atoms with Gasteiger partial charge in [0.05, 0.1) is 5.41 Å². The number of carboxylic acid groups (broad SMARTS) is 1. The minimum atomic E-state index is -0.810. The van der Waals surface area contributed by atoms with Gasteiger partial charge in [-0.2, -0.15) is 0 Å². The van der Waals surface area contributed by atoms with Gasteiger partial charge in [0.2, 0.25) is 0 Å². The van der Waals surface area contributed by atoms with Crippen LogP contribution in [0, 0.1) is 11.3 Å². The second-order valence-electron chi connectivity index (χ2n) is 5.94. The number of nitrogens with zero attached hydrogens (tertiary/aromatic N) is 1. The van der Waals surface area contributed by atoms with Gasteiger partial charge in [-0.1, -0.05) is 6.42 Å². The van der Waals surface area contributed by atoms with E-state index in [1.807, 2.05) is 0 Å². The highest BCUT2D eigenvalue weighted by Crippen LogP contribution is 2.38. The number of carbonyl (C=O) groups excluding carboxylic acids is 1. The summed E-state index contributed by atoms with van der Waals surface area (Å²) in [4.78, 5) is 25.0. The summed E-state index contributed by atoms with van der Waals surface area (Å²) in [5.41, 5.74) is -0.809. The Hall–Kier alpha value is -1.26. The summed E-state index contributed by atoms with van der Waals surface area (Å²) in [6, 6.07) is -0.384. The first-order valence-electron chi connectivity index (χ1n) is 6.68. The number of rotatable bonds is 4. The van der Waals surface area contributed by atoms with Gasteiger partial charge < -0.3 is 15.3 Å². The Morgan fingerprint density at radius 1 is 1.39 bits per heavy atom. The molecule has 0 aromatic carbocycles. The Balaban J connectivity index is 1.91. The average Bonchev–Trinajstić information content (AvgIpc) is 3.03. The topological polar surface area (TPSA) is 69.6 Å². The molecule has 18 heavy (non-hydrogen) atoms. The number of aliphatic carboxylic acids is 1. The fourth-order valence-electron chi connectivity index (χ4n) is 2.68. The van der Waals surface area contributed by atoms with Crippen molar-refractivity contribution in [2.24, 2.45) is 11.3 Å². The smallest absolute Gasteiger partial charge is 0.317 e. The van der Waals surface area contributed by atoms with Crippen molar-refractivity contribution in [2.75, 3.05) is 13.6 Å². The quantitative estimate of drug-likeness (QED) is 0.802. The molecular weight excluding hydrogens is 232 g/mol. The number of urea groups is 1. The third-order valence-electron chi connectivity index (χ3n) is 4.32. The molecule has 0 heterocycles. The molecule has 2 unspecified atom stereocenters. The van der Waals surface area contributed by atoms with Crippen LogP contribution in [0.4, 0.5) is 4.79 Å². The maximum absolute atomic E-state index is 12.0. The van der Waals surface area contributed by atoms with Crippen LogP contribution in [0.5, 0.6) is 0 Å². The number of nitrogens with one attached hydrogen (secondary N) is 1. The summed E-state index contributed by atoms with van der Waals surface area (Å²) in [5.74, 6) is -0.162. The van der Waals surface area contributed by atoms with E-state index < -0.39 is 11.4 Å². The molecule has 0 aromatic rings. The van der Waals surface area contributed by atoms with Crippen LogP contribution in [0.1, 0.15) is 39.0 Å². The van der Waals surface area contributed by atoms with Crippen LogP contribution in [0.15, 0.2) is 0 Å². The van der Waals surface area contributed by atoms with Crippen molar-refractivity contribution in [1.29, 1.82) is 0 Å². The number of hydrogen-bond donors (Lipinski definition) is 2. The fraction of sp³-hybridized carbons (Fsp3) is 0.846. The third-order valence-corrected chi connectivity index (χ3v) is 4.32. The standard InChI is InChI=1S/C13H22N2O3/c1-13(11(16)17)7-3-4-10(13)14-12(18)15(2)8-9-5-6-9/h9-10H,3-8H2,1-2H3,(H,14,18)(H,16,17). The van der Waals surface area contributed by atoms with Crippen molar-refractivity contribution in [3.63, 3.8) is 0 Å². The molecule has 2 rings (SSSR count). The summed E-state index contributed by atoms with van der Waals surface area (Å²) in [7, 11) is 1.78. The molecule has 5 heteroatoms. The second kappa shape index (κ2) is 4.78. The van der Waals surface area contributed by atoms with Gasteiger partial charge in [-0.3, -0.25) is 4.79 Å². The van der Waals surface area contributed by atoms with Crippen molar-refractivity contribution < 1.29 is 14.7 Å². The van der Waals surface area contributed by atoms with Gasteiger partial charge in [-0.05, 0) is 38.5 Å². The Morgan fingerprint density at radius 3 is 2.61 bits per heavy atom. The monoisotopic (exact) mass is 254 g/mol. The van der Waals surface area contributed by atoms with E-state index in [0.29, 0.717) is 12.3 Å². The van der Waals surface area contributed by atoms with Crippen LogP contribution >= 0.6 is 0 Å². The van der Waals surface area contributed by atoms with Gasteiger partial charge in [-0.25, -0.2) is 4.79 Å². The number of carboxylic acids is 1. The lowest BCUT2D eigenvalue weighted by atomic mass is 9.85. The molecule has 2 fully saturated rings. The fourth-order valence-corrected chi connectivity index (χ4v) is 2.68. The molecule has 0 aromatic heterocycles. The van der Waals surface area contributed by atoms with E-state index in [2.05, 4.69) is 5.32 Å². The number of amides is 2. The molecule has 2 N–H and O–H groups in total. The van der Waals surface area contributed by atoms with Crippen molar-refractivity contribution in [3.05, 3.63) is 0 Å². The zero-order chi connectivity index (χ0) is 13.3. The van der Waals surface area contributed by atoms with Crippen LogP contribution in [0.2, 0.25) is 0 Å². The predicted octanol–water partition coefficient (Wildman–Crippen LogP) is 1.68. The maximum atomic E-state index is 12.0. The lowest BCUT2D eigenvalue weighted by molar-refractivity contribution is -0.148. The van der Waals surface area contributed by atoms with Crippen molar-refractivity contribution >= 4 is 12.0 Å². The van der Waals surface area contributed by atoms with Crippen molar-refractivity contribution in [1.82, 2.24) is 10.2 Å². The number of carbonyl (C=O) groups is 2. The molecule has 0 bridgehead atoms. The minimum absolute atomic E-state index is 0.138. The summed E-state index contributed by atoms with van der Waals surface area (Å²) in [5, 5.41) is 12.2. The highest BCUT2D eigenvalue weighted by molar-refractivity contribution is 5.79. The van der Waals surface area contributed by atoms with E-state index in [0.717, 1.165) is 19.4 Å². The molecule has 5 nitrogen and oxygen atoms in total. The first kappa shape index (κ1) is 13.2. The SMILES string of the molecule is CN(CC1CC1)C(=O)NC1CCCC1(C)C(=O)O. The van der Waals surface area contributed by atoms with Crippen molar-refractivity contribution in [2.45, 2.75) is 45.1 Å². The number of hydrogen-bond acceptors (Lipinski definition) is 2. The lowest BCUT2D eigenvalue weighted by Crippen LogP contribution is -2.50. The minimum Gasteiger partial charge on any atom is -0.481 e. The molecule has 2 atom stereocenters.